The predicted molar refractivity (Wildman–Crippen MR) is 61.3 cm³/mol. The molecule has 0 aliphatic carbocycles. The lowest BCUT2D eigenvalue weighted by atomic mass is 10.0. The van der Waals surface area contributed by atoms with E-state index in [1.165, 1.54) is 0 Å². The van der Waals surface area contributed by atoms with Crippen LogP contribution in [0.15, 0.2) is 28.7 Å². The maximum Gasteiger partial charge on any atom is 0.119 e. The van der Waals surface area contributed by atoms with Crippen molar-refractivity contribution >= 4 is 15.9 Å². The lowest BCUT2D eigenvalue weighted by Gasteiger charge is -2.16. The predicted octanol–water partition coefficient (Wildman–Crippen LogP) is 2.94. The fraction of sp³-hybridized carbons (Fsp3) is 0.455. The van der Waals surface area contributed by atoms with Crippen LogP contribution in [0.3, 0.4) is 0 Å². The van der Waals surface area contributed by atoms with E-state index >= 15 is 0 Å². The molecular formula is C11H15BrFN. The van der Waals surface area contributed by atoms with Crippen molar-refractivity contribution in [1.29, 1.82) is 0 Å². The van der Waals surface area contributed by atoms with Crippen molar-refractivity contribution in [3.8, 4) is 0 Å². The number of hydrogen-bond acceptors (Lipinski definition) is 1. The van der Waals surface area contributed by atoms with Gasteiger partial charge in [0.05, 0.1) is 0 Å². The average molecular weight is 260 g/mol. The molecule has 14 heavy (non-hydrogen) atoms. The molecule has 2 unspecified atom stereocenters. The van der Waals surface area contributed by atoms with E-state index in [9.17, 15) is 4.39 Å². The van der Waals surface area contributed by atoms with E-state index in [0.717, 1.165) is 10.0 Å². The third-order valence-corrected chi connectivity index (χ3v) is 3.14. The number of rotatable bonds is 4. The van der Waals surface area contributed by atoms with Crippen LogP contribution in [0.2, 0.25) is 0 Å². The Labute approximate surface area is 92.8 Å². The zero-order chi connectivity index (χ0) is 10.6. The van der Waals surface area contributed by atoms with Gasteiger partial charge in [0.25, 0.3) is 0 Å². The third kappa shape index (κ3) is 3.07. The normalized spacial score (nSPS) is 15.1. The lowest BCUT2D eigenvalue weighted by Crippen LogP contribution is -2.33. The van der Waals surface area contributed by atoms with Gasteiger partial charge >= 0.3 is 0 Å². The molecule has 0 aliphatic rings. The van der Waals surface area contributed by atoms with Crippen LogP contribution in [0.1, 0.15) is 12.5 Å². The molecule has 0 spiro atoms. The highest BCUT2D eigenvalue weighted by molar-refractivity contribution is 9.10. The van der Waals surface area contributed by atoms with Gasteiger partial charge in [0.1, 0.15) is 6.17 Å². The SMILES string of the molecule is CNC(C)C(F)Cc1ccccc1Br. The summed E-state index contributed by atoms with van der Waals surface area (Å²) in [7, 11) is 1.78. The standard InChI is InChI=1S/C11H15BrFN/c1-8(14-2)11(13)7-9-5-3-4-6-10(9)12/h3-6,8,11,14H,7H2,1-2H3. The molecule has 3 heteroatoms. The number of benzene rings is 1. The quantitative estimate of drug-likeness (QED) is 0.877. The Morgan fingerprint density at radius 3 is 2.64 bits per heavy atom. The second-order valence-electron chi connectivity index (χ2n) is 3.39. The van der Waals surface area contributed by atoms with Crippen molar-refractivity contribution in [1.82, 2.24) is 5.32 Å². The summed E-state index contributed by atoms with van der Waals surface area (Å²) >= 11 is 3.41. The summed E-state index contributed by atoms with van der Waals surface area (Å²) in [6.45, 7) is 1.85. The first kappa shape index (κ1) is 11.7. The number of hydrogen-bond donors (Lipinski definition) is 1. The van der Waals surface area contributed by atoms with Gasteiger partial charge in [0.2, 0.25) is 0 Å². The van der Waals surface area contributed by atoms with Crippen LogP contribution in [0.5, 0.6) is 0 Å². The van der Waals surface area contributed by atoms with Gasteiger partial charge in [-0.25, -0.2) is 4.39 Å². The molecule has 1 N–H and O–H groups in total. The summed E-state index contributed by atoms with van der Waals surface area (Å²) in [5, 5.41) is 2.91. The molecule has 0 fully saturated rings. The molecule has 0 bridgehead atoms. The van der Waals surface area contributed by atoms with Crippen LogP contribution < -0.4 is 5.32 Å². The van der Waals surface area contributed by atoms with E-state index in [-0.39, 0.29) is 6.04 Å². The first-order valence-electron chi connectivity index (χ1n) is 4.70. The van der Waals surface area contributed by atoms with E-state index in [1.807, 2.05) is 31.2 Å². The van der Waals surface area contributed by atoms with Crippen molar-refractivity contribution in [2.24, 2.45) is 0 Å². The summed E-state index contributed by atoms with van der Waals surface area (Å²) < 4.78 is 14.6. The molecule has 0 aromatic heterocycles. The van der Waals surface area contributed by atoms with Crippen LogP contribution in [0.4, 0.5) is 4.39 Å². The highest BCUT2D eigenvalue weighted by Crippen LogP contribution is 2.19. The summed E-state index contributed by atoms with van der Waals surface area (Å²) in [5.74, 6) is 0. The zero-order valence-electron chi connectivity index (χ0n) is 8.43. The Morgan fingerprint density at radius 2 is 2.07 bits per heavy atom. The van der Waals surface area contributed by atoms with Gasteiger partial charge in [0.15, 0.2) is 0 Å². The Morgan fingerprint density at radius 1 is 1.43 bits per heavy atom. The topological polar surface area (TPSA) is 12.0 Å². The first-order valence-corrected chi connectivity index (χ1v) is 5.49. The van der Waals surface area contributed by atoms with E-state index in [0.29, 0.717) is 6.42 Å². The largest absolute Gasteiger partial charge is 0.314 e. The van der Waals surface area contributed by atoms with Gasteiger partial charge in [-0.05, 0) is 25.6 Å². The third-order valence-electron chi connectivity index (χ3n) is 2.37. The summed E-state index contributed by atoms with van der Waals surface area (Å²) in [6.07, 6.45) is -0.401. The Kier molecular flexibility index (Phi) is 4.55. The summed E-state index contributed by atoms with van der Waals surface area (Å²) in [4.78, 5) is 0. The van der Waals surface area contributed by atoms with Crippen molar-refractivity contribution in [3.05, 3.63) is 34.3 Å². The molecule has 0 saturated carbocycles. The fourth-order valence-electron chi connectivity index (χ4n) is 1.23. The van der Waals surface area contributed by atoms with Crippen LogP contribution in [-0.2, 0) is 6.42 Å². The van der Waals surface area contributed by atoms with Gasteiger partial charge in [-0.15, -0.1) is 0 Å². The van der Waals surface area contributed by atoms with Gasteiger partial charge in [-0.1, -0.05) is 34.1 Å². The highest BCUT2D eigenvalue weighted by atomic mass is 79.9. The van der Waals surface area contributed by atoms with Gasteiger partial charge < -0.3 is 5.32 Å². The van der Waals surface area contributed by atoms with Gasteiger partial charge in [-0.2, -0.15) is 0 Å². The second kappa shape index (κ2) is 5.47. The molecule has 0 aliphatic heterocycles. The van der Waals surface area contributed by atoms with E-state index in [2.05, 4.69) is 21.2 Å². The molecule has 1 nitrogen and oxygen atoms in total. The van der Waals surface area contributed by atoms with Crippen molar-refractivity contribution < 1.29 is 4.39 Å². The van der Waals surface area contributed by atoms with Crippen molar-refractivity contribution in [2.45, 2.75) is 25.6 Å². The van der Waals surface area contributed by atoms with Crippen LogP contribution in [0, 0.1) is 0 Å². The first-order chi connectivity index (χ1) is 6.65. The molecule has 2 atom stereocenters. The molecule has 78 valence electrons. The van der Waals surface area contributed by atoms with E-state index in [1.54, 1.807) is 7.05 Å². The number of alkyl halides is 1. The average Bonchev–Trinajstić information content (AvgIpc) is 2.20. The summed E-state index contributed by atoms with van der Waals surface area (Å²) in [6, 6.07) is 7.63. The summed E-state index contributed by atoms with van der Waals surface area (Å²) in [5.41, 5.74) is 1.02. The molecule has 1 rings (SSSR count). The van der Waals surface area contributed by atoms with Crippen LogP contribution >= 0.6 is 15.9 Å². The maximum atomic E-state index is 13.6. The number of halogens is 2. The Balaban J connectivity index is 2.64. The molecule has 0 saturated heterocycles. The van der Waals surface area contributed by atoms with Crippen LogP contribution in [0.25, 0.3) is 0 Å². The van der Waals surface area contributed by atoms with Crippen LogP contribution in [-0.4, -0.2) is 19.3 Å². The van der Waals surface area contributed by atoms with Crippen molar-refractivity contribution in [3.63, 3.8) is 0 Å². The maximum absolute atomic E-state index is 13.6. The van der Waals surface area contributed by atoms with Crippen molar-refractivity contribution in [2.75, 3.05) is 7.05 Å². The Bertz CT molecular complexity index is 290. The highest BCUT2D eigenvalue weighted by Gasteiger charge is 2.15. The van der Waals surface area contributed by atoms with Gasteiger partial charge in [0, 0.05) is 16.9 Å². The smallest absolute Gasteiger partial charge is 0.119 e. The fourth-order valence-corrected chi connectivity index (χ4v) is 1.68. The molecule has 0 heterocycles. The van der Waals surface area contributed by atoms with E-state index < -0.39 is 6.17 Å². The number of nitrogens with one attached hydrogen (secondary N) is 1. The minimum absolute atomic E-state index is 0.109. The van der Waals surface area contributed by atoms with E-state index in [4.69, 9.17) is 0 Å². The minimum atomic E-state index is -0.848. The molecule has 1 aromatic rings. The lowest BCUT2D eigenvalue weighted by molar-refractivity contribution is 0.267. The molecular weight excluding hydrogens is 245 g/mol. The second-order valence-corrected chi connectivity index (χ2v) is 4.24. The molecule has 0 amide bonds. The van der Waals surface area contributed by atoms with Gasteiger partial charge in [-0.3, -0.25) is 0 Å². The molecule has 0 radical (unpaired) electrons. The Hall–Kier alpha value is -0.410. The monoisotopic (exact) mass is 259 g/mol. The minimum Gasteiger partial charge on any atom is -0.314 e. The molecule has 1 aromatic carbocycles. The zero-order valence-corrected chi connectivity index (χ0v) is 10.0.